The highest BCUT2D eigenvalue weighted by Gasteiger charge is 2.07. The minimum absolute atomic E-state index is 0.188. The second-order valence-electron chi connectivity index (χ2n) is 4.37. The Morgan fingerprint density at radius 1 is 1.23 bits per heavy atom. The zero-order valence-corrected chi connectivity index (χ0v) is 12.6. The van der Waals surface area contributed by atoms with E-state index < -0.39 is 0 Å². The molecular weight excluding hydrogens is 306 g/mol. The number of rotatable bonds is 6. The number of carbonyl (C=O) groups is 2. The summed E-state index contributed by atoms with van der Waals surface area (Å²) in [5.41, 5.74) is 1.08. The van der Waals surface area contributed by atoms with Gasteiger partial charge in [-0.15, -0.1) is 0 Å². The number of nitrogens with one attached hydrogen (secondary N) is 1. The third-order valence-electron chi connectivity index (χ3n) is 2.82. The molecule has 0 fully saturated rings. The molecule has 22 heavy (non-hydrogen) atoms. The van der Waals surface area contributed by atoms with E-state index in [9.17, 15) is 9.59 Å². The third-order valence-corrected chi connectivity index (χ3v) is 3.12. The van der Waals surface area contributed by atoms with Crippen molar-refractivity contribution in [2.75, 3.05) is 19.0 Å². The molecule has 0 aromatic heterocycles. The summed E-state index contributed by atoms with van der Waals surface area (Å²) in [6.07, 6.45) is 0.687. The van der Waals surface area contributed by atoms with Gasteiger partial charge in [-0.2, -0.15) is 0 Å². The van der Waals surface area contributed by atoms with Crippen molar-refractivity contribution in [1.29, 1.82) is 0 Å². The molecule has 0 aliphatic rings. The van der Waals surface area contributed by atoms with Gasteiger partial charge in [0.2, 0.25) is 0 Å². The fourth-order valence-corrected chi connectivity index (χ4v) is 1.97. The molecule has 6 heteroatoms. The summed E-state index contributed by atoms with van der Waals surface area (Å²) in [5, 5.41) is 2.97. The summed E-state index contributed by atoms with van der Waals surface area (Å²) in [6, 6.07) is 11.5. The number of benzene rings is 2. The van der Waals surface area contributed by atoms with Gasteiger partial charge in [-0.3, -0.25) is 9.59 Å². The Morgan fingerprint density at radius 2 is 1.95 bits per heavy atom. The van der Waals surface area contributed by atoms with E-state index in [1.54, 1.807) is 43.5 Å². The van der Waals surface area contributed by atoms with Crippen molar-refractivity contribution >= 4 is 29.5 Å². The van der Waals surface area contributed by atoms with Crippen LogP contribution in [0.5, 0.6) is 11.5 Å². The molecule has 1 amide bonds. The number of aldehydes is 1. The monoisotopic (exact) mass is 319 g/mol. The molecule has 2 aromatic carbocycles. The Morgan fingerprint density at radius 3 is 2.55 bits per heavy atom. The molecule has 0 aliphatic carbocycles. The quantitative estimate of drug-likeness (QED) is 0.831. The van der Waals surface area contributed by atoms with Gasteiger partial charge in [0.1, 0.15) is 17.8 Å². The van der Waals surface area contributed by atoms with Gasteiger partial charge in [-0.25, -0.2) is 0 Å². The van der Waals surface area contributed by atoms with Crippen LogP contribution in [0, 0.1) is 0 Å². The van der Waals surface area contributed by atoms with Gasteiger partial charge >= 0.3 is 0 Å². The van der Waals surface area contributed by atoms with Crippen molar-refractivity contribution in [3.8, 4) is 11.5 Å². The SMILES string of the molecule is COc1ccc(NC(=O)COc2ccc(C=O)cc2Cl)cc1. The Kier molecular flexibility index (Phi) is 5.38. The van der Waals surface area contributed by atoms with Crippen molar-refractivity contribution in [2.24, 2.45) is 0 Å². The molecule has 2 rings (SSSR count). The third kappa shape index (κ3) is 4.23. The van der Waals surface area contributed by atoms with E-state index in [0.29, 0.717) is 29.0 Å². The van der Waals surface area contributed by atoms with Gasteiger partial charge in [0.05, 0.1) is 12.1 Å². The van der Waals surface area contributed by atoms with Crippen LogP contribution in [0.15, 0.2) is 42.5 Å². The molecule has 0 saturated heterocycles. The first-order valence-corrected chi connectivity index (χ1v) is 6.81. The van der Waals surface area contributed by atoms with Crippen LogP contribution < -0.4 is 14.8 Å². The largest absolute Gasteiger partial charge is 0.497 e. The predicted molar refractivity (Wildman–Crippen MR) is 84.0 cm³/mol. The number of amides is 1. The first-order chi connectivity index (χ1) is 10.6. The van der Waals surface area contributed by atoms with Crippen LogP contribution in [0.2, 0.25) is 5.02 Å². The molecule has 0 atom stereocenters. The normalized spacial score (nSPS) is 9.91. The van der Waals surface area contributed by atoms with Gasteiger partial charge in [-0.1, -0.05) is 11.6 Å². The zero-order valence-electron chi connectivity index (χ0n) is 11.8. The second kappa shape index (κ2) is 7.47. The lowest BCUT2D eigenvalue weighted by molar-refractivity contribution is -0.118. The van der Waals surface area contributed by atoms with Crippen LogP contribution in [-0.4, -0.2) is 25.9 Å². The van der Waals surface area contributed by atoms with Gasteiger partial charge < -0.3 is 14.8 Å². The summed E-state index contributed by atoms with van der Waals surface area (Å²) in [7, 11) is 1.57. The maximum Gasteiger partial charge on any atom is 0.262 e. The van der Waals surface area contributed by atoms with Gasteiger partial charge in [0, 0.05) is 11.3 Å². The van der Waals surface area contributed by atoms with Crippen molar-refractivity contribution in [3.63, 3.8) is 0 Å². The fraction of sp³-hybridized carbons (Fsp3) is 0.125. The van der Waals surface area contributed by atoms with E-state index >= 15 is 0 Å². The number of hydrogen-bond acceptors (Lipinski definition) is 4. The van der Waals surface area contributed by atoms with Crippen LogP contribution in [0.1, 0.15) is 10.4 Å². The fourth-order valence-electron chi connectivity index (χ4n) is 1.72. The van der Waals surface area contributed by atoms with E-state index in [1.807, 2.05) is 0 Å². The summed E-state index contributed by atoms with van der Waals surface area (Å²) in [5.74, 6) is 0.731. The minimum atomic E-state index is -0.319. The molecule has 0 bridgehead atoms. The van der Waals surface area contributed by atoms with E-state index in [4.69, 9.17) is 21.1 Å². The lowest BCUT2D eigenvalue weighted by Crippen LogP contribution is -2.20. The molecule has 114 valence electrons. The van der Waals surface area contributed by atoms with Crippen LogP contribution >= 0.6 is 11.6 Å². The first kappa shape index (κ1) is 15.9. The summed E-state index contributed by atoms with van der Waals surface area (Å²) in [4.78, 5) is 22.4. The maximum atomic E-state index is 11.8. The lowest BCUT2D eigenvalue weighted by Gasteiger charge is -2.09. The van der Waals surface area contributed by atoms with Crippen LogP contribution in [0.3, 0.4) is 0 Å². The number of ether oxygens (including phenoxy) is 2. The zero-order chi connectivity index (χ0) is 15.9. The molecule has 5 nitrogen and oxygen atoms in total. The molecule has 0 radical (unpaired) electrons. The van der Waals surface area contributed by atoms with E-state index in [1.165, 1.54) is 6.07 Å². The second-order valence-corrected chi connectivity index (χ2v) is 4.78. The average molecular weight is 320 g/mol. The summed E-state index contributed by atoms with van der Waals surface area (Å²) in [6.45, 7) is -0.188. The molecule has 0 heterocycles. The standard InChI is InChI=1S/C16H14ClNO4/c1-21-13-5-3-12(4-6-13)18-16(20)10-22-15-7-2-11(9-19)8-14(15)17/h2-9H,10H2,1H3,(H,18,20). The Hall–Kier alpha value is -2.53. The maximum absolute atomic E-state index is 11.8. The van der Waals surface area contributed by atoms with Gasteiger partial charge in [-0.05, 0) is 42.5 Å². The molecule has 1 N–H and O–H groups in total. The molecule has 0 spiro atoms. The minimum Gasteiger partial charge on any atom is -0.497 e. The number of methoxy groups -OCH3 is 1. The van der Waals surface area contributed by atoms with Crippen molar-refractivity contribution in [2.45, 2.75) is 0 Å². The average Bonchev–Trinajstić information content (AvgIpc) is 2.54. The number of carbonyl (C=O) groups excluding carboxylic acids is 2. The van der Waals surface area contributed by atoms with Gasteiger partial charge in [0.25, 0.3) is 5.91 Å². The molecule has 0 aliphatic heterocycles. The van der Waals surface area contributed by atoms with Crippen molar-refractivity contribution < 1.29 is 19.1 Å². The lowest BCUT2D eigenvalue weighted by atomic mass is 10.2. The number of halogens is 1. The van der Waals surface area contributed by atoms with Gasteiger partial charge in [0.15, 0.2) is 6.61 Å². The Balaban J connectivity index is 1.90. The van der Waals surface area contributed by atoms with E-state index in [-0.39, 0.29) is 17.5 Å². The first-order valence-electron chi connectivity index (χ1n) is 6.44. The van der Waals surface area contributed by atoms with Crippen LogP contribution in [0.25, 0.3) is 0 Å². The van der Waals surface area contributed by atoms with Crippen molar-refractivity contribution in [1.82, 2.24) is 0 Å². The Labute approximate surface area is 132 Å². The van der Waals surface area contributed by atoms with Crippen LogP contribution in [-0.2, 0) is 4.79 Å². The summed E-state index contributed by atoms with van der Waals surface area (Å²) < 4.78 is 10.4. The van der Waals surface area contributed by atoms with Crippen molar-refractivity contribution in [3.05, 3.63) is 53.1 Å². The highest BCUT2D eigenvalue weighted by Crippen LogP contribution is 2.25. The topological polar surface area (TPSA) is 64.6 Å². The van der Waals surface area contributed by atoms with E-state index in [0.717, 1.165) is 0 Å². The highest BCUT2D eigenvalue weighted by molar-refractivity contribution is 6.32. The highest BCUT2D eigenvalue weighted by atomic mass is 35.5. The van der Waals surface area contributed by atoms with Crippen LogP contribution in [0.4, 0.5) is 5.69 Å². The Bertz CT molecular complexity index is 670. The van der Waals surface area contributed by atoms with E-state index in [2.05, 4.69) is 5.32 Å². The molecule has 0 unspecified atom stereocenters. The molecular formula is C16H14ClNO4. The smallest absolute Gasteiger partial charge is 0.262 e. The number of hydrogen-bond donors (Lipinski definition) is 1. The summed E-state index contributed by atoms with van der Waals surface area (Å²) >= 11 is 5.96. The predicted octanol–water partition coefficient (Wildman–Crippen LogP) is 3.18. The molecule has 0 saturated carbocycles. The number of anilines is 1. The molecule has 2 aromatic rings.